The molecule has 134 valence electrons. The van der Waals surface area contributed by atoms with Gasteiger partial charge >= 0.3 is 6.03 Å². The van der Waals surface area contributed by atoms with Crippen molar-refractivity contribution in [3.63, 3.8) is 0 Å². The van der Waals surface area contributed by atoms with E-state index in [4.69, 9.17) is 0 Å². The lowest BCUT2D eigenvalue weighted by Gasteiger charge is -2.21. The monoisotopic (exact) mass is 368 g/mol. The van der Waals surface area contributed by atoms with Gasteiger partial charge in [-0.05, 0) is 52.0 Å². The van der Waals surface area contributed by atoms with E-state index in [2.05, 4.69) is 20.6 Å². The summed E-state index contributed by atoms with van der Waals surface area (Å²) in [5.74, 6) is 0.457. The van der Waals surface area contributed by atoms with Crippen molar-refractivity contribution in [2.45, 2.75) is 33.2 Å². The number of rotatable bonds is 3. The lowest BCUT2D eigenvalue weighted by molar-refractivity contribution is 0.102. The van der Waals surface area contributed by atoms with Crippen molar-refractivity contribution in [1.82, 2.24) is 15.3 Å². The summed E-state index contributed by atoms with van der Waals surface area (Å²) in [5, 5.41) is 6.56. The summed E-state index contributed by atoms with van der Waals surface area (Å²) >= 11 is 1.38. The molecule has 26 heavy (non-hydrogen) atoms. The van der Waals surface area contributed by atoms with Gasteiger partial charge in [0.05, 0.1) is 10.4 Å². The number of ketones is 1. The summed E-state index contributed by atoms with van der Waals surface area (Å²) in [7, 11) is 0. The van der Waals surface area contributed by atoms with Crippen LogP contribution in [0.3, 0.4) is 0 Å². The van der Waals surface area contributed by atoms with Gasteiger partial charge in [0.25, 0.3) is 0 Å². The molecule has 3 heterocycles. The van der Waals surface area contributed by atoms with Crippen LogP contribution >= 0.6 is 11.3 Å². The van der Waals surface area contributed by atoms with Gasteiger partial charge in [-0.1, -0.05) is 0 Å². The number of aromatic nitrogens is 2. The fourth-order valence-corrected chi connectivity index (χ4v) is 3.37. The van der Waals surface area contributed by atoms with E-state index in [1.807, 2.05) is 32.9 Å². The van der Waals surface area contributed by atoms with E-state index in [1.165, 1.54) is 18.3 Å². The molecule has 0 aliphatic heterocycles. The van der Waals surface area contributed by atoms with E-state index in [0.717, 1.165) is 21.3 Å². The van der Waals surface area contributed by atoms with Crippen LogP contribution in [0.25, 0.3) is 21.3 Å². The zero-order valence-electron chi connectivity index (χ0n) is 15.1. The maximum absolute atomic E-state index is 12.3. The van der Waals surface area contributed by atoms with Crippen LogP contribution in [0, 0.1) is 0 Å². The van der Waals surface area contributed by atoms with Crippen molar-refractivity contribution >= 4 is 39.9 Å². The van der Waals surface area contributed by atoms with Crippen molar-refractivity contribution in [2.75, 3.05) is 5.32 Å². The molecule has 0 saturated carbocycles. The lowest BCUT2D eigenvalue weighted by Crippen LogP contribution is -2.43. The van der Waals surface area contributed by atoms with E-state index in [0.29, 0.717) is 10.7 Å². The molecular weight excluding hydrogens is 348 g/mol. The first-order chi connectivity index (χ1) is 12.2. The first-order valence-corrected chi connectivity index (χ1v) is 9.00. The quantitative estimate of drug-likeness (QED) is 0.668. The Hall–Kier alpha value is -2.80. The van der Waals surface area contributed by atoms with E-state index in [-0.39, 0.29) is 17.4 Å². The molecule has 2 amide bonds. The third kappa shape index (κ3) is 4.05. The number of amides is 2. The highest BCUT2D eigenvalue weighted by Gasteiger charge is 2.18. The van der Waals surface area contributed by atoms with Crippen molar-refractivity contribution in [3.8, 4) is 10.4 Å². The Kier molecular flexibility index (Phi) is 4.73. The molecule has 3 rings (SSSR count). The number of nitrogens with zero attached hydrogens (tertiary/aromatic N) is 2. The maximum Gasteiger partial charge on any atom is 0.320 e. The second-order valence-corrected chi connectivity index (χ2v) is 8.09. The minimum atomic E-state index is -0.365. The summed E-state index contributed by atoms with van der Waals surface area (Å²) in [6.07, 6.45) is 3.39. The van der Waals surface area contributed by atoms with Gasteiger partial charge in [0.1, 0.15) is 5.82 Å². The fraction of sp³-hybridized carbons (Fsp3) is 0.263. The number of Topliss-reactive ketones (excluding diaryl/α,β-unsaturated/α-hetero) is 1. The Labute approximate surface area is 155 Å². The number of fused-ring (bicyclic) bond motifs is 1. The summed E-state index contributed by atoms with van der Waals surface area (Å²) < 4.78 is 0. The average Bonchev–Trinajstić information content (AvgIpc) is 3.02. The number of urea groups is 1. The number of nitrogens with one attached hydrogen (secondary N) is 2. The van der Waals surface area contributed by atoms with Crippen molar-refractivity contribution < 1.29 is 9.59 Å². The van der Waals surface area contributed by atoms with E-state index in [1.54, 1.807) is 24.5 Å². The highest BCUT2D eigenvalue weighted by atomic mass is 32.1. The summed E-state index contributed by atoms with van der Waals surface area (Å²) in [6, 6.07) is 7.05. The number of carbonyl (C=O) groups is 2. The van der Waals surface area contributed by atoms with Crippen LogP contribution in [-0.4, -0.2) is 27.3 Å². The van der Waals surface area contributed by atoms with Crippen LogP contribution in [0.4, 0.5) is 10.6 Å². The van der Waals surface area contributed by atoms with Gasteiger partial charge in [-0.15, -0.1) is 11.3 Å². The Morgan fingerprint density at radius 1 is 1.15 bits per heavy atom. The third-order valence-corrected chi connectivity index (χ3v) is 4.77. The number of hydrogen-bond acceptors (Lipinski definition) is 5. The van der Waals surface area contributed by atoms with Gasteiger partial charge < -0.3 is 5.32 Å². The molecule has 6 nitrogen and oxygen atoms in total. The molecule has 0 aliphatic carbocycles. The molecule has 0 spiro atoms. The highest BCUT2D eigenvalue weighted by Crippen LogP contribution is 2.35. The molecule has 7 heteroatoms. The predicted octanol–water partition coefficient (Wildman–Crippen LogP) is 4.48. The van der Waals surface area contributed by atoms with Crippen LogP contribution in [0.5, 0.6) is 0 Å². The molecular formula is C19H20N4O2S. The van der Waals surface area contributed by atoms with Gasteiger partial charge in [0, 0.05) is 33.8 Å². The van der Waals surface area contributed by atoms with Crippen molar-refractivity contribution in [2.24, 2.45) is 0 Å². The summed E-state index contributed by atoms with van der Waals surface area (Å²) in [6.45, 7) is 7.26. The molecule has 0 radical (unpaired) electrons. The molecule has 0 unspecified atom stereocenters. The van der Waals surface area contributed by atoms with Crippen LogP contribution in [0.2, 0.25) is 0 Å². The third-order valence-electron chi connectivity index (χ3n) is 3.55. The normalized spacial score (nSPS) is 11.4. The molecule has 3 aromatic rings. The molecule has 0 bridgehead atoms. The molecule has 2 N–H and O–H groups in total. The molecule has 0 saturated heterocycles. The number of hydrogen-bond donors (Lipinski definition) is 2. The minimum absolute atomic E-state index is 0.0108. The number of carbonyl (C=O) groups excluding carboxylic acids is 2. The number of pyridine rings is 2. The van der Waals surface area contributed by atoms with Gasteiger partial charge in [-0.3, -0.25) is 15.1 Å². The molecule has 0 aromatic carbocycles. The second-order valence-electron chi connectivity index (χ2n) is 7.00. The van der Waals surface area contributed by atoms with Crippen LogP contribution < -0.4 is 10.6 Å². The smallest absolute Gasteiger partial charge is 0.320 e. The molecule has 0 aliphatic rings. The first kappa shape index (κ1) is 18.0. The van der Waals surface area contributed by atoms with Crippen LogP contribution in [-0.2, 0) is 0 Å². The highest BCUT2D eigenvalue weighted by molar-refractivity contribution is 7.17. The van der Waals surface area contributed by atoms with Gasteiger partial charge in [-0.2, -0.15) is 0 Å². The maximum atomic E-state index is 12.3. The van der Waals surface area contributed by atoms with Crippen molar-refractivity contribution in [1.29, 1.82) is 0 Å². The van der Waals surface area contributed by atoms with Gasteiger partial charge in [0.2, 0.25) is 0 Å². The summed E-state index contributed by atoms with van der Waals surface area (Å²) in [4.78, 5) is 34.2. The van der Waals surface area contributed by atoms with Gasteiger partial charge in [0.15, 0.2) is 5.78 Å². The van der Waals surface area contributed by atoms with Gasteiger partial charge in [-0.25, -0.2) is 9.78 Å². The van der Waals surface area contributed by atoms with Crippen LogP contribution in [0.15, 0.2) is 36.7 Å². The Morgan fingerprint density at radius 3 is 2.58 bits per heavy atom. The summed E-state index contributed by atoms with van der Waals surface area (Å²) in [5.41, 5.74) is 1.13. The molecule has 0 fully saturated rings. The lowest BCUT2D eigenvalue weighted by atomic mass is 10.1. The first-order valence-electron chi connectivity index (χ1n) is 8.18. The van der Waals surface area contributed by atoms with E-state index >= 15 is 0 Å². The topological polar surface area (TPSA) is 84.0 Å². The molecule has 3 aromatic heterocycles. The number of anilines is 1. The SMILES string of the molecule is CC(=O)c1ccc(-c2cc3cnccc3nc2NC(=O)NC(C)(C)C)s1. The minimum Gasteiger partial charge on any atom is -0.333 e. The standard InChI is InChI=1S/C19H20N4O2S/c1-11(24)15-5-6-16(26-15)13-9-12-10-20-8-7-14(12)21-17(13)22-18(25)23-19(2,3)4/h5-10H,1-4H3,(H2,21,22,23,25). The predicted molar refractivity (Wildman–Crippen MR) is 105 cm³/mol. The Morgan fingerprint density at radius 2 is 1.92 bits per heavy atom. The zero-order valence-corrected chi connectivity index (χ0v) is 15.9. The van der Waals surface area contributed by atoms with Crippen molar-refractivity contribution in [3.05, 3.63) is 41.5 Å². The van der Waals surface area contributed by atoms with Crippen LogP contribution in [0.1, 0.15) is 37.4 Å². The average molecular weight is 368 g/mol. The Bertz CT molecular complexity index is 989. The zero-order chi connectivity index (χ0) is 18.9. The largest absolute Gasteiger partial charge is 0.333 e. The van der Waals surface area contributed by atoms with E-state index < -0.39 is 0 Å². The fourth-order valence-electron chi connectivity index (χ4n) is 2.45. The second kappa shape index (κ2) is 6.84. The van der Waals surface area contributed by atoms with E-state index in [9.17, 15) is 9.59 Å². The Balaban J connectivity index is 2.06. The molecule has 0 atom stereocenters. The number of thiophene rings is 1.